The van der Waals surface area contributed by atoms with Crippen LogP contribution < -0.4 is 0 Å². The molecule has 0 N–H and O–H groups in total. The molecule has 0 radical (unpaired) electrons. The first-order valence-electron chi connectivity index (χ1n) is 4.99. The first-order valence-corrected chi connectivity index (χ1v) is 4.99. The second kappa shape index (κ2) is 2.98. The van der Waals surface area contributed by atoms with Crippen molar-refractivity contribution in [1.82, 2.24) is 0 Å². The summed E-state index contributed by atoms with van der Waals surface area (Å²) in [5.41, 5.74) is 2.35. The van der Waals surface area contributed by atoms with Crippen molar-refractivity contribution in [2.45, 2.75) is 33.1 Å². The summed E-state index contributed by atoms with van der Waals surface area (Å²) in [6, 6.07) is 4.17. The summed E-state index contributed by atoms with van der Waals surface area (Å²) in [5.74, 6) is 3.11. The van der Waals surface area contributed by atoms with Gasteiger partial charge >= 0.3 is 84.7 Å². The number of hydrogen-bond acceptors (Lipinski definition) is 1. The zero-order valence-corrected chi connectivity index (χ0v) is 9.22. The summed E-state index contributed by atoms with van der Waals surface area (Å²) in [6.45, 7) is 10.7. The molecule has 0 aliphatic heterocycles. The third-order valence-corrected chi connectivity index (χ3v) is 2.52. The van der Waals surface area contributed by atoms with E-state index in [1.807, 2.05) is 12.9 Å². The molecule has 2 aromatic rings. The van der Waals surface area contributed by atoms with Crippen molar-refractivity contribution in [3.8, 4) is 0 Å². The number of furan rings is 1. The Morgan fingerprint density at radius 1 is 1.29 bits per heavy atom. The SMILES string of the molecule is Cc1c(C(C)(C)C)oc2bcccc12. The van der Waals surface area contributed by atoms with Crippen LogP contribution in [0, 0.1) is 6.92 Å². The molecule has 2 heteroatoms. The number of hydrogen-bond donors (Lipinski definition) is 0. The van der Waals surface area contributed by atoms with E-state index < -0.39 is 0 Å². The molecule has 2 rings (SSSR count). The fourth-order valence-corrected chi connectivity index (χ4v) is 1.89. The van der Waals surface area contributed by atoms with Crippen LogP contribution >= 0.6 is 0 Å². The van der Waals surface area contributed by atoms with Crippen LogP contribution in [0.1, 0.15) is 32.1 Å². The Morgan fingerprint density at radius 3 is 2.57 bits per heavy atom. The van der Waals surface area contributed by atoms with Crippen molar-refractivity contribution >= 4 is 17.8 Å². The van der Waals surface area contributed by atoms with Gasteiger partial charge in [-0.1, -0.05) is 0 Å². The van der Waals surface area contributed by atoms with Gasteiger partial charge in [0, 0.05) is 0 Å². The van der Waals surface area contributed by atoms with Gasteiger partial charge in [-0.05, 0) is 0 Å². The predicted octanol–water partition coefficient (Wildman–Crippen LogP) is 3.38. The zero-order chi connectivity index (χ0) is 10.3. The van der Waals surface area contributed by atoms with Crippen LogP contribution in [0.3, 0.4) is 0 Å². The number of aryl methyl sites for hydroxylation is 1. The molecule has 0 aromatic carbocycles. The maximum absolute atomic E-state index is 5.86. The average molecular weight is 186 g/mol. The molecule has 0 aliphatic carbocycles. The Kier molecular flexibility index (Phi) is 2.02. The molecule has 0 aliphatic rings. The van der Waals surface area contributed by atoms with Crippen LogP contribution in [-0.2, 0) is 5.41 Å². The van der Waals surface area contributed by atoms with Crippen LogP contribution in [0.15, 0.2) is 22.5 Å². The molecule has 0 saturated carbocycles. The first-order chi connectivity index (χ1) is 6.50. The van der Waals surface area contributed by atoms with Gasteiger partial charge in [0.25, 0.3) is 0 Å². The molecule has 2 heterocycles. The quantitative estimate of drug-likeness (QED) is 0.614. The van der Waals surface area contributed by atoms with Crippen LogP contribution in [-0.4, -0.2) is 6.91 Å². The monoisotopic (exact) mass is 186 g/mol. The first kappa shape index (κ1) is 9.51. The molecule has 0 spiro atoms. The number of rotatable bonds is 0. The summed E-state index contributed by atoms with van der Waals surface area (Å²) < 4.78 is 5.86. The van der Waals surface area contributed by atoms with Crippen LogP contribution in [0.2, 0.25) is 0 Å². The molecule has 1 nitrogen and oxygen atoms in total. The number of fused-ring (bicyclic) bond motifs is 1. The van der Waals surface area contributed by atoms with Crippen molar-refractivity contribution in [2.75, 3.05) is 0 Å². The van der Waals surface area contributed by atoms with E-state index >= 15 is 0 Å². The minimum atomic E-state index is 0.0864. The van der Waals surface area contributed by atoms with Crippen molar-refractivity contribution in [2.24, 2.45) is 0 Å². The van der Waals surface area contributed by atoms with Crippen LogP contribution in [0.25, 0.3) is 10.9 Å². The van der Waals surface area contributed by atoms with Crippen molar-refractivity contribution in [3.63, 3.8) is 0 Å². The summed E-state index contributed by atoms with van der Waals surface area (Å²) >= 11 is 0. The van der Waals surface area contributed by atoms with E-state index in [-0.39, 0.29) is 5.41 Å². The zero-order valence-electron chi connectivity index (χ0n) is 9.22. The molecule has 14 heavy (non-hydrogen) atoms. The molecule has 0 bridgehead atoms. The van der Waals surface area contributed by atoms with Crippen molar-refractivity contribution < 1.29 is 4.42 Å². The summed E-state index contributed by atoms with van der Waals surface area (Å²) in [7, 11) is 0. The predicted molar refractivity (Wildman–Crippen MR) is 61.0 cm³/mol. The van der Waals surface area contributed by atoms with E-state index in [9.17, 15) is 0 Å². The topological polar surface area (TPSA) is 13.1 Å². The van der Waals surface area contributed by atoms with Gasteiger partial charge in [0.1, 0.15) is 0 Å². The van der Waals surface area contributed by atoms with Gasteiger partial charge in [-0.25, -0.2) is 0 Å². The Hall–Kier alpha value is -1.05. The van der Waals surface area contributed by atoms with Crippen molar-refractivity contribution in [3.05, 3.63) is 29.4 Å². The van der Waals surface area contributed by atoms with E-state index in [2.05, 4.69) is 39.8 Å². The van der Waals surface area contributed by atoms with Gasteiger partial charge in [0.2, 0.25) is 0 Å². The summed E-state index contributed by atoms with van der Waals surface area (Å²) in [5, 5.41) is 1.23. The van der Waals surface area contributed by atoms with E-state index in [4.69, 9.17) is 4.42 Å². The fourth-order valence-electron chi connectivity index (χ4n) is 1.89. The molecule has 0 saturated heterocycles. The van der Waals surface area contributed by atoms with Gasteiger partial charge < -0.3 is 0 Å². The van der Waals surface area contributed by atoms with E-state index in [0.29, 0.717) is 0 Å². The standard InChI is InChI=1S/C12H15BO/c1-8-9-6-5-7-13-11(9)14-10(8)12(2,3)4/h5-7H,1-4H3. The molecular weight excluding hydrogens is 171 g/mol. The second-order valence-electron chi connectivity index (χ2n) is 4.80. The maximum atomic E-state index is 5.86. The second-order valence-corrected chi connectivity index (χ2v) is 4.80. The van der Waals surface area contributed by atoms with Crippen molar-refractivity contribution in [1.29, 1.82) is 0 Å². The third kappa shape index (κ3) is 1.39. The minimum absolute atomic E-state index is 0.0864. The Morgan fingerprint density at radius 2 is 2.00 bits per heavy atom. The van der Waals surface area contributed by atoms with E-state index in [1.54, 1.807) is 0 Å². The molecule has 2 aromatic heterocycles. The Labute approximate surface area is 85.3 Å². The molecule has 72 valence electrons. The molecular formula is C12H15BO. The van der Waals surface area contributed by atoms with Gasteiger partial charge in [0.15, 0.2) is 0 Å². The van der Waals surface area contributed by atoms with E-state index in [0.717, 1.165) is 11.2 Å². The van der Waals surface area contributed by atoms with Gasteiger partial charge in [-0.3, -0.25) is 0 Å². The molecule has 0 atom stereocenters. The normalized spacial score (nSPS) is 12.0. The van der Waals surface area contributed by atoms with Gasteiger partial charge in [-0.2, -0.15) is 0 Å². The Bertz CT molecular complexity index is 463. The summed E-state index contributed by atoms with van der Waals surface area (Å²) in [4.78, 5) is 0. The average Bonchev–Trinajstić information content (AvgIpc) is 2.44. The van der Waals surface area contributed by atoms with Gasteiger partial charge in [0.05, 0.1) is 0 Å². The molecule has 0 amide bonds. The van der Waals surface area contributed by atoms with E-state index in [1.165, 1.54) is 10.9 Å². The Balaban J connectivity index is 2.75. The summed E-state index contributed by atoms with van der Waals surface area (Å²) in [6.07, 6.45) is 0. The molecule has 0 unspecified atom stereocenters. The van der Waals surface area contributed by atoms with Crippen LogP contribution in [0.4, 0.5) is 0 Å². The van der Waals surface area contributed by atoms with Gasteiger partial charge in [-0.15, -0.1) is 0 Å². The van der Waals surface area contributed by atoms with Crippen LogP contribution in [0.5, 0.6) is 0 Å². The molecule has 0 fully saturated rings. The fraction of sp³-hybridized carbons (Fsp3) is 0.417. The third-order valence-electron chi connectivity index (χ3n) is 2.52.